The molecule has 1 aliphatic rings. The quantitative estimate of drug-likeness (QED) is 0.628. The molecule has 0 spiro atoms. The van der Waals surface area contributed by atoms with E-state index in [1.54, 1.807) is 0 Å². The van der Waals surface area contributed by atoms with Gasteiger partial charge in [-0.3, -0.25) is 19.0 Å². The molecule has 0 saturated heterocycles. The van der Waals surface area contributed by atoms with E-state index < -0.39 is 83.7 Å². The summed E-state index contributed by atoms with van der Waals surface area (Å²) in [7, 11) is 0. The highest BCUT2D eigenvalue weighted by Gasteiger charge is 2.30. The molecule has 0 bridgehead atoms. The Morgan fingerprint density at radius 2 is 2.33 bits per heavy atom. The van der Waals surface area contributed by atoms with Gasteiger partial charge in [0.15, 0.2) is 5.78 Å². The monoisotopic (exact) mass is 293 g/mol. The summed E-state index contributed by atoms with van der Waals surface area (Å²) in [5.74, 6) is -3.25. The lowest BCUT2D eigenvalue weighted by molar-refractivity contribution is -0.132. The van der Waals surface area contributed by atoms with Gasteiger partial charge in [0.05, 0.1) is 27.5 Å². The molecule has 1 atom stereocenters. The maximum Gasteiger partial charge on any atom is 0.264 e. The number of nitrogens with two attached hydrogens (primary N) is 1. The summed E-state index contributed by atoms with van der Waals surface area (Å²) in [6, 6.07) is -2.66. The molecular formula is C15H15N3O3. The number of anilines is 1. The van der Waals surface area contributed by atoms with Gasteiger partial charge in [0, 0.05) is 18.9 Å². The molecule has 2 N–H and O–H groups in total. The van der Waals surface area contributed by atoms with Gasteiger partial charge in [-0.15, -0.1) is 0 Å². The van der Waals surface area contributed by atoms with E-state index in [1.165, 1.54) is 0 Å². The number of fused-ring (bicyclic) bond motifs is 1. The minimum Gasteiger partial charge on any atom is -0.398 e. The third-order valence-electron chi connectivity index (χ3n) is 3.16. The zero-order valence-corrected chi connectivity index (χ0v) is 10.7. The van der Waals surface area contributed by atoms with Crippen LogP contribution >= 0.6 is 0 Å². The maximum absolute atomic E-state index is 13.2. The van der Waals surface area contributed by atoms with Crippen molar-refractivity contribution < 1.29 is 20.6 Å². The molecular weight excluding hydrogens is 270 g/mol. The Bertz CT molecular complexity index is 1140. The molecule has 21 heavy (non-hydrogen) atoms. The molecule has 1 aliphatic carbocycles. The number of rotatable bonds is 1. The van der Waals surface area contributed by atoms with Crippen molar-refractivity contribution >= 4 is 28.2 Å². The predicted molar refractivity (Wildman–Crippen MR) is 78.1 cm³/mol. The fourth-order valence-corrected chi connectivity index (χ4v) is 2.17. The van der Waals surface area contributed by atoms with Crippen LogP contribution in [0.2, 0.25) is 0 Å². The van der Waals surface area contributed by atoms with Crippen molar-refractivity contribution in [3.63, 3.8) is 0 Å². The summed E-state index contributed by atoms with van der Waals surface area (Å²) in [5, 5.41) is -0.521. The maximum atomic E-state index is 13.2. The van der Waals surface area contributed by atoms with Crippen molar-refractivity contribution in [2.45, 2.75) is 32.1 Å². The Hall–Kier alpha value is -2.50. The molecule has 3 rings (SSSR count). The number of hydrogen-bond donors (Lipinski definition) is 1. The van der Waals surface area contributed by atoms with E-state index in [1.807, 2.05) is 0 Å². The van der Waals surface area contributed by atoms with Crippen LogP contribution in [0.25, 0.3) is 10.9 Å². The Labute approximate surface area is 131 Å². The zero-order chi connectivity index (χ0) is 22.1. The first-order chi connectivity index (χ1) is 13.1. The smallest absolute Gasteiger partial charge is 0.264 e. The molecule has 0 aliphatic heterocycles. The van der Waals surface area contributed by atoms with E-state index in [0.29, 0.717) is 0 Å². The molecule has 1 aromatic carbocycles. The first-order valence-electron chi connectivity index (χ1n) is 10.0. The summed E-state index contributed by atoms with van der Waals surface area (Å²) in [6.07, 6.45) is -4.75. The first-order valence-corrected chi connectivity index (χ1v) is 6.01. The summed E-state index contributed by atoms with van der Waals surface area (Å²) >= 11 is 0. The molecule has 6 heteroatoms. The lowest BCUT2D eigenvalue weighted by Crippen LogP contribution is -2.36. The van der Waals surface area contributed by atoms with Gasteiger partial charge in [-0.05, 0) is 25.4 Å². The summed E-state index contributed by atoms with van der Waals surface area (Å²) in [4.78, 5) is 41.4. The van der Waals surface area contributed by atoms with Crippen LogP contribution in [0.4, 0.5) is 5.69 Å². The van der Waals surface area contributed by atoms with Crippen LogP contribution in [0.5, 0.6) is 0 Å². The molecule has 1 heterocycles. The van der Waals surface area contributed by atoms with Crippen LogP contribution < -0.4 is 11.3 Å². The molecule has 0 amide bonds. The highest BCUT2D eigenvalue weighted by atomic mass is 16.2. The number of aromatic nitrogens is 2. The third-order valence-corrected chi connectivity index (χ3v) is 3.16. The largest absolute Gasteiger partial charge is 0.398 e. The molecule has 108 valence electrons. The van der Waals surface area contributed by atoms with Crippen LogP contribution in [0.15, 0.2) is 22.9 Å². The number of nitrogen functional groups attached to an aromatic ring is 1. The lowest BCUT2D eigenvalue weighted by atomic mass is 9.92. The molecule has 1 saturated carbocycles. The number of aryl methyl sites for hydroxylation is 1. The highest BCUT2D eigenvalue weighted by Crippen LogP contribution is 2.24. The number of benzene rings is 1. The molecule has 1 aromatic heterocycles. The number of carbonyl (C=O) groups excluding carboxylic acids is 2. The predicted octanol–water partition coefficient (Wildman–Crippen LogP) is 1.15. The second kappa shape index (κ2) is 4.80. The zero-order valence-electron chi connectivity index (χ0n) is 18.7. The van der Waals surface area contributed by atoms with Gasteiger partial charge in [-0.25, -0.2) is 4.98 Å². The average molecular weight is 293 g/mol. The van der Waals surface area contributed by atoms with Crippen LogP contribution in [0.3, 0.4) is 0 Å². The Kier molecular flexibility index (Phi) is 1.59. The van der Waals surface area contributed by atoms with Crippen molar-refractivity contribution in [1.82, 2.24) is 9.55 Å². The fourth-order valence-electron chi connectivity index (χ4n) is 2.17. The van der Waals surface area contributed by atoms with Gasteiger partial charge in [-0.2, -0.15) is 0 Å². The number of Topliss-reactive ketones (excluding diaryl/α,β-unsaturated/α-hetero) is 2. The topological polar surface area (TPSA) is 95.0 Å². The Morgan fingerprint density at radius 3 is 3.10 bits per heavy atom. The Balaban J connectivity index is 2.51. The molecule has 0 radical (unpaired) electrons. The van der Waals surface area contributed by atoms with Crippen LogP contribution in [0.1, 0.15) is 42.0 Å². The van der Waals surface area contributed by atoms with E-state index in [0.717, 1.165) is 6.07 Å². The second-order valence-electron chi connectivity index (χ2n) is 4.47. The lowest BCUT2D eigenvalue weighted by Gasteiger charge is -2.24. The van der Waals surface area contributed by atoms with Crippen LogP contribution in [-0.4, -0.2) is 21.1 Å². The highest BCUT2D eigenvalue weighted by molar-refractivity contribution is 6.03. The third kappa shape index (κ3) is 2.12. The van der Waals surface area contributed by atoms with Gasteiger partial charge < -0.3 is 5.73 Å². The van der Waals surface area contributed by atoms with E-state index in [9.17, 15) is 14.4 Å². The van der Waals surface area contributed by atoms with Crippen molar-refractivity contribution in [3.05, 3.63) is 34.3 Å². The molecule has 1 unspecified atom stereocenters. The van der Waals surface area contributed by atoms with E-state index >= 15 is 0 Å². The second-order valence-corrected chi connectivity index (χ2v) is 4.47. The standard InChI is InChI=1S/C15H15N3O3/c1-8-17-11-4-2-3-10(16)14(11)15(21)18(8)12-6-5-9(19)7-13(12)20/h2-4,12H,5-7,16H2,1H3/i1D3,3D,4D,5D2,12D. The van der Waals surface area contributed by atoms with Crippen LogP contribution in [-0.2, 0) is 9.59 Å². The minimum absolute atomic E-state index is 0.226. The van der Waals surface area contributed by atoms with E-state index in [-0.39, 0.29) is 4.57 Å². The molecule has 1 fully saturated rings. The van der Waals surface area contributed by atoms with Gasteiger partial charge in [0.2, 0.25) is 0 Å². The van der Waals surface area contributed by atoms with Crippen molar-refractivity contribution in [1.29, 1.82) is 0 Å². The number of hydrogen-bond acceptors (Lipinski definition) is 5. The van der Waals surface area contributed by atoms with E-state index in [2.05, 4.69) is 4.98 Å². The average Bonchev–Trinajstić information content (AvgIpc) is 2.56. The number of nitrogens with zero attached hydrogens (tertiary/aromatic N) is 2. The minimum atomic E-state index is -3.11. The molecule has 2 aromatic rings. The van der Waals surface area contributed by atoms with Gasteiger partial charge in [0.1, 0.15) is 11.6 Å². The van der Waals surface area contributed by atoms with Crippen LogP contribution in [0, 0.1) is 6.85 Å². The fraction of sp³-hybridized carbons (Fsp3) is 0.333. The summed E-state index contributed by atoms with van der Waals surface area (Å²) in [5.41, 5.74) is 3.65. The number of ketones is 2. The first kappa shape index (κ1) is 6.98. The van der Waals surface area contributed by atoms with Crippen molar-refractivity contribution in [3.8, 4) is 0 Å². The Morgan fingerprint density at radius 1 is 1.52 bits per heavy atom. The van der Waals surface area contributed by atoms with E-state index in [4.69, 9.17) is 16.7 Å². The molecule has 6 nitrogen and oxygen atoms in total. The van der Waals surface area contributed by atoms with Gasteiger partial charge in [0.25, 0.3) is 5.56 Å². The SMILES string of the molecule is [2H]c1cc([2H])c2nc(C([2H])([2H])[2H])n(C3([2H])CC([2H])([2H])C(=O)CC3=O)c(=O)c2c1N. The van der Waals surface area contributed by atoms with Crippen molar-refractivity contribution in [2.24, 2.45) is 0 Å². The van der Waals surface area contributed by atoms with Crippen molar-refractivity contribution in [2.75, 3.05) is 5.73 Å². The number of carbonyl (C=O) groups is 2. The van der Waals surface area contributed by atoms with Gasteiger partial charge in [-0.1, -0.05) is 6.07 Å². The van der Waals surface area contributed by atoms with Gasteiger partial charge >= 0.3 is 0 Å². The normalized spacial score (nSPS) is 31.2. The summed E-state index contributed by atoms with van der Waals surface area (Å²) < 4.78 is 63.0. The summed E-state index contributed by atoms with van der Waals surface area (Å²) in [6.45, 7) is -3.11.